The number of hydrogen-bond donors (Lipinski definition) is 4. The predicted octanol–water partition coefficient (Wildman–Crippen LogP) is -0.886. The normalized spacial score (nSPS) is 11.1. The molecule has 1 aromatic rings. The fourth-order valence-corrected chi connectivity index (χ4v) is 1.08. The van der Waals surface area contributed by atoms with Crippen molar-refractivity contribution in [1.82, 2.24) is 15.5 Å². The standard InChI is InChI=1S/C9H16BN3O4/c1-9(2,3)17-8(14)11-5-6-4-7(10(15)16)13-12-6/h4,15-16H,5H2,1-3H3,(H,11,14)(H,12,13). The van der Waals surface area contributed by atoms with Crippen LogP contribution >= 0.6 is 0 Å². The molecule has 0 spiro atoms. The molecular weight excluding hydrogens is 225 g/mol. The lowest BCUT2D eigenvalue weighted by atomic mass is 9.86. The molecule has 1 rings (SSSR count). The number of alkyl carbamates (subject to hydrolysis) is 1. The van der Waals surface area contributed by atoms with E-state index >= 15 is 0 Å². The van der Waals surface area contributed by atoms with Crippen LogP contribution in [0.5, 0.6) is 0 Å². The Hall–Kier alpha value is -1.54. The Bertz CT molecular complexity index is 386. The predicted molar refractivity (Wildman–Crippen MR) is 61.5 cm³/mol. The summed E-state index contributed by atoms with van der Waals surface area (Å²) in [4.78, 5) is 11.3. The van der Waals surface area contributed by atoms with Gasteiger partial charge >= 0.3 is 13.2 Å². The first-order valence-electron chi connectivity index (χ1n) is 5.15. The second kappa shape index (κ2) is 5.20. The zero-order valence-corrected chi connectivity index (χ0v) is 10.0. The summed E-state index contributed by atoms with van der Waals surface area (Å²) >= 11 is 0. The molecule has 0 bridgehead atoms. The summed E-state index contributed by atoms with van der Waals surface area (Å²) in [5.74, 6) is 0. The third-order valence-corrected chi connectivity index (χ3v) is 1.74. The summed E-state index contributed by atoms with van der Waals surface area (Å²) < 4.78 is 5.03. The van der Waals surface area contributed by atoms with E-state index in [2.05, 4.69) is 15.5 Å². The largest absolute Gasteiger partial charge is 0.510 e. The summed E-state index contributed by atoms with van der Waals surface area (Å²) in [6, 6.07) is 1.45. The molecule has 0 radical (unpaired) electrons. The first-order chi connectivity index (χ1) is 7.78. The van der Waals surface area contributed by atoms with Crippen molar-refractivity contribution in [1.29, 1.82) is 0 Å². The summed E-state index contributed by atoms with van der Waals surface area (Å²) in [6.07, 6.45) is -0.543. The Morgan fingerprint density at radius 1 is 1.59 bits per heavy atom. The Kier molecular flexibility index (Phi) is 4.14. The smallest absolute Gasteiger partial charge is 0.444 e. The van der Waals surface area contributed by atoms with Gasteiger partial charge in [-0.1, -0.05) is 0 Å². The van der Waals surface area contributed by atoms with E-state index in [1.165, 1.54) is 6.07 Å². The fraction of sp³-hybridized carbons (Fsp3) is 0.556. The highest BCUT2D eigenvalue weighted by atomic mass is 16.6. The van der Waals surface area contributed by atoms with Gasteiger partial charge in [0.15, 0.2) is 0 Å². The summed E-state index contributed by atoms with van der Waals surface area (Å²) in [5.41, 5.74) is 0.106. The maximum atomic E-state index is 11.3. The van der Waals surface area contributed by atoms with E-state index in [1.54, 1.807) is 20.8 Å². The lowest BCUT2D eigenvalue weighted by Crippen LogP contribution is -2.32. The minimum atomic E-state index is -1.62. The highest BCUT2D eigenvalue weighted by Gasteiger charge is 2.17. The van der Waals surface area contributed by atoms with Crippen LogP contribution in [0.15, 0.2) is 6.07 Å². The van der Waals surface area contributed by atoms with Crippen LogP contribution in [0.4, 0.5) is 4.79 Å². The SMILES string of the molecule is CC(C)(C)OC(=O)NCc1cc(B(O)O)n[nH]1. The molecule has 0 atom stereocenters. The van der Waals surface area contributed by atoms with E-state index in [4.69, 9.17) is 14.8 Å². The zero-order valence-electron chi connectivity index (χ0n) is 10.0. The van der Waals surface area contributed by atoms with Gasteiger partial charge in [-0.25, -0.2) is 4.79 Å². The van der Waals surface area contributed by atoms with Gasteiger partial charge in [-0.05, 0) is 26.8 Å². The van der Waals surface area contributed by atoms with E-state index in [1.807, 2.05) is 0 Å². The third-order valence-electron chi connectivity index (χ3n) is 1.74. The number of aromatic nitrogens is 2. The number of carbonyl (C=O) groups excluding carboxylic acids is 1. The fourth-order valence-electron chi connectivity index (χ4n) is 1.08. The minimum Gasteiger partial charge on any atom is -0.444 e. The second-order valence-corrected chi connectivity index (χ2v) is 4.55. The highest BCUT2D eigenvalue weighted by Crippen LogP contribution is 2.06. The van der Waals surface area contributed by atoms with Gasteiger partial charge in [0.05, 0.1) is 17.8 Å². The number of ether oxygens (including phenoxy) is 1. The van der Waals surface area contributed by atoms with E-state index in [0.29, 0.717) is 5.69 Å². The molecule has 0 saturated heterocycles. The quantitative estimate of drug-likeness (QED) is 0.514. The maximum Gasteiger partial charge on any atom is 0.510 e. The minimum absolute atomic E-state index is 0.103. The molecule has 4 N–H and O–H groups in total. The summed E-state index contributed by atoms with van der Waals surface area (Å²) in [6.45, 7) is 5.48. The van der Waals surface area contributed by atoms with Gasteiger partial charge in [0.25, 0.3) is 0 Å². The van der Waals surface area contributed by atoms with Crippen LogP contribution in [-0.4, -0.2) is 39.1 Å². The molecule has 0 aliphatic heterocycles. The molecule has 0 aliphatic carbocycles. The molecular formula is C9H16BN3O4. The molecule has 0 fully saturated rings. The lowest BCUT2D eigenvalue weighted by Gasteiger charge is -2.19. The lowest BCUT2D eigenvalue weighted by molar-refractivity contribution is 0.0523. The van der Waals surface area contributed by atoms with E-state index in [9.17, 15) is 4.79 Å². The number of nitrogens with one attached hydrogen (secondary N) is 2. The van der Waals surface area contributed by atoms with Crippen molar-refractivity contribution in [2.24, 2.45) is 0 Å². The van der Waals surface area contributed by atoms with Gasteiger partial charge in [0.2, 0.25) is 0 Å². The molecule has 1 amide bonds. The number of carbonyl (C=O) groups is 1. The average molecular weight is 241 g/mol. The Morgan fingerprint density at radius 2 is 2.24 bits per heavy atom. The zero-order chi connectivity index (χ0) is 13.1. The Balaban J connectivity index is 2.42. The topological polar surface area (TPSA) is 107 Å². The molecule has 0 aromatic carbocycles. The molecule has 7 nitrogen and oxygen atoms in total. The second-order valence-electron chi connectivity index (χ2n) is 4.55. The highest BCUT2D eigenvalue weighted by molar-refractivity contribution is 6.57. The van der Waals surface area contributed by atoms with Crippen LogP contribution in [0, 0.1) is 0 Å². The summed E-state index contributed by atoms with van der Waals surface area (Å²) in [5, 5.41) is 26.4. The van der Waals surface area contributed by atoms with Crippen molar-refractivity contribution in [2.45, 2.75) is 32.9 Å². The van der Waals surface area contributed by atoms with Crippen molar-refractivity contribution in [3.8, 4) is 0 Å². The van der Waals surface area contributed by atoms with Gasteiger partial charge in [0, 0.05) is 0 Å². The Morgan fingerprint density at radius 3 is 2.71 bits per heavy atom. The monoisotopic (exact) mass is 241 g/mol. The number of rotatable bonds is 3. The first kappa shape index (κ1) is 13.5. The molecule has 17 heavy (non-hydrogen) atoms. The van der Waals surface area contributed by atoms with Crippen LogP contribution in [0.1, 0.15) is 26.5 Å². The van der Waals surface area contributed by atoms with Gasteiger partial charge in [-0.2, -0.15) is 5.10 Å². The number of nitrogens with zero attached hydrogens (tertiary/aromatic N) is 1. The number of H-pyrrole nitrogens is 1. The van der Waals surface area contributed by atoms with Crippen molar-refractivity contribution in [3.05, 3.63) is 11.8 Å². The maximum absolute atomic E-state index is 11.3. The molecule has 8 heteroatoms. The van der Waals surface area contributed by atoms with Crippen LogP contribution in [-0.2, 0) is 11.3 Å². The number of amides is 1. The molecule has 1 aromatic heterocycles. The van der Waals surface area contributed by atoms with Gasteiger partial charge in [-0.15, -0.1) is 0 Å². The molecule has 0 aliphatic rings. The van der Waals surface area contributed by atoms with Gasteiger partial charge in [-0.3, -0.25) is 5.10 Å². The molecule has 0 unspecified atom stereocenters. The van der Waals surface area contributed by atoms with Crippen molar-refractivity contribution >= 4 is 18.8 Å². The molecule has 94 valence electrons. The van der Waals surface area contributed by atoms with E-state index in [0.717, 1.165) is 0 Å². The molecule has 1 heterocycles. The van der Waals surface area contributed by atoms with Crippen molar-refractivity contribution in [3.63, 3.8) is 0 Å². The number of hydrogen-bond acceptors (Lipinski definition) is 5. The van der Waals surface area contributed by atoms with Gasteiger partial charge < -0.3 is 20.1 Å². The van der Waals surface area contributed by atoms with Crippen LogP contribution in [0.25, 0.3) is 0 Å². The van der Waals surface area contributed by atoms with E-state index in [-0.39, 0.29) is 12.1 Å². The van der Waals surface area contributed by atoms with Crippen LogP contribution in [0.2, 0.25) is 0 Å². The Labute approximate surface area is 99.3 Å². The first-order valence-corrected chi connectivity index (χ1v) is 5.15. The van der Waals surface area contributed by atoms with Crippen LogP contribution < -0.4 is 10.9 Å². The summed E-state index contributed by atoms with van der Waals surface area (Å²) in [7, 11) is -1.62. The van der Waals surface area contributed by atoms with Crippen LogP contribution in [0.3, 0.4) is 0 Å². The average Bonchev–Trinajstić information content (AvgIpc) is 2.60. The number of aromatic amines is 1. The van der Waals surface area contributed by atoms with Crippen molar-refractivity contribution < 1.29 is 19.6 Å². The van der Waals surface area contributed by atoms with Crippen molar-refractivity contribution in [2.75, 3.05) is 0 Å². The van der Waals surface area contributed by atoms with Gasteiger partial charge in [0.1, 0.15) is 5.60 Å². The van der Waals surface area contributed by atoms with E-state index < -0.39 is 18.8 Å². The molecule has 0 saturated carbocycles. The third kappa shape index (κ3) is 4.88.